The number of thioether (sulfide) groups is 1. The third-order valence-corrected chi connectivity index (χ3v) is 8.62. The van der Waals surface area contributed by atoms with E-state index in [2.05, 4.69) is 0 Å². The number of nitrogens with zero attached hydrogens (tertiary/aromatic N) is 2. The molecule has 0 bridgehead atoms. The lowest BCUT2D eigenvalue weighted by molar-refractivity contribution is -0.657. The Bertz CT molecular complexity index is 1450. The Hall–Kier alpha value is -2.59. The van der Waals surface area contributed by atoms with Crippen molar-refractivity contribution in [3.63, 3.8) is 0 Å². The van der Waals surface area contributed by atoms with Crippen molar-refractivity contribution in [3.05, 3.63) is 80.8 Å². The first-order valence-electron chi connectivity index (χ1n) is 11.1. The third-order valence-electron chi connectivity index (χ3n) is 5.91. The molecule has 5 rings (SSSR count). The molecule has 6 nitrogen and oxygen atoms in total. The molecule has 0 spiro atoms. The van der Waals surface area contributed by atoms with Crippen LogP contribution in [0.15, 0.2) is 80.7 Å². The first kappa shape index (κ1) is 26.5. The zero-order valence-corrected chi connectivity index (χ0v) is 23.0. The summed E-state index contributed by atoms with van der Waals surface area (Å²) >= 11 is 9.99. The standard InChI is InChI=1S/C26H21ClN2O4S2.BrH/c27-26-16(12-22-28(14-24(30)31)18-8-1-3-10-20(18)34-22)6-5-7-17(26)13-23-29(15-25(32)33)19-9-2-4-11-21(19)35-23;/h1-4,8-13H,5-7,14-15H2,(H-,30,31,32,33);1H. The Balaban J connectivity index is 0.00000304. The van der Waals surface area contributed by atoms with Crippen LogP contribution in [0.2, 0.25) is 0 Å². The lowest BCUT2D eigenvalue weighted by Gasteiger charge is -2.21. The average molecular weight is 606 g/mol. The van der Waals surface area contributed by atoms with Crippen molar-refractivity contribution < 1.29 is 41.4 Å². The predicted molar refractivity (Wildman–Crippen MR) is 140 cm³/mol. The summed E-state index contributed by atoms with van der Waals surface area (Å²) < 4.78 is 2.83. The van der Waals surface area contributed by atoms with Crippen molar-refractivity contribution in [3.8, 4) is 0 Å². The summed E-state index contributed by atoms with van der Waals surface area (Å²) in [5, 5.41) is 21.2. The van der Waals surface area contributed by atoms with Gasteiger partial charge in [-0.3, -0.25) is 4.79 Å². The molecular weight excluding hydrogens is 584 g/mol. The Morgan fingerprint density at radius 2 is 1.78 bits per heavy atom. The molecule has 2 aliphatic rings. The summed E-state index contributed by atoms with van der Waals surface area (Å²) in [5.74, 6) is -1.80. The van der Waals surface area contributed by atoms with Gasteiger partial charge in [-0.1, -0.05) is 59.0 Å². The number of allylic oxidation sites excluding steroid dienone is 4. The minimum Gasteiger partial charge on any atom is -1.00 e. The van der Waals surface area contributed by atoms with Crippen molar-refractivity contribution in [2.24, 2.45) is 0 Å². The minimum absolute atomic E-state index is 0. The molecule has 2 heterocycles. The van der Waals surface area contributed by atoms with Crippen LogP contribution >= 0.6 is 34.7 Å². The summed E-state index contributed by atoms with van der Waals surface area (Å²) in [7, 11) is 0. The second-order valence-corrected chi connectivity index (χ2v) is 10.8. The molecular formula is C26H22BrClN2O4S2. The largest absolute Gasteiger partial charge is 1.00 e. The number of carboxylic acid groups (broad SMARTS) is 2. The maximum Gasteiger partial charge on any atom is 0.370 e. The van der Waals surface area contributed by atoms with E-state index in [-0.39, 0.29) is 30.1 Å². The summed E-state index contributed by atoms with van der Waals surface area (Å²) in [5.41, 5.74) is 3.69. The van der Waals surface area contributed by atoms with Gasteiger partial charge in [-0.15, -0.1) is 0 Å². The van der Waals surface area contributed by atoms with Gasteiger partial charge in [-0.25, -0.2) is 4.79 Å². The summed E-state index contributed by atoms with van der Waals surface area (Å²) in [6.45, 7) is -0.249. The third kappa shape index (κ3) is 5.39. The number of hydrogen-bond acceptors (Lipinski definition) is 5. The fourth-order valence-electron chi connectivity index (χ4n) is 4.38. The smallest absolute Gasteiger partial charge is 0.370 e. The molecule has 0 atom stereocenters. The van der Waals surface area contributed by atoms with Crippen LogP contribution in [-0.4, -0.2) is 28.7 Å². The molecule has 1 aliphatic heterocycles. The van der Waals surface area contributed by atoms with Crippen LogP contribution in [-0.2, 0) is 16.1 Å². The lowest BCUT2D eigenvalue weighted by atomic mass is 9.94. The molecule has 0 unspecified atom stereocenters. The topological polar surface area (TPSA) is 81.7 Å². The first-order chi connectivity index (χ1) is 16.9. The van der Waals surface area contributed by atoms with E-state index in [0.717, 1.165) is 61.2 Å². The highest BCUT2D eigenvalue weighted by Crippen LogP contribution is 2.47. The lowest BCUT2D eigenvalue weighted by Crippen LogP contribution is -3.00. The molecule has 2 N–H and O–H groups in total. The Kier molecular flexibility index (Phi) is 8.24. The van der Waals surface area contributed by atoms with Gasteiger partial charge in [0.1, 0.15) is 11.2 Å². The number of anilines is 1. The highest BCUT2D eigenvalue weighted by atomic mass is 79.9. The number of aromatic nitrogens is 1. The fraction of sp³-hybridized carbons (Fsp3) is 0.192. The molecule has 1 aliphatic carbocycles. The molecule has 0 amide bonds. The first-order valence-corrected chi connectivity index (χ1v) is 13.1. The molecule has 2 aromatic carbocycles. The number of para-hydroxylation sites is 2. The molecule has 0 saturated heterocycles. The van der Waals surface area contributed by atoms with Crippen molar-refractivity contribution >= 4 is 68.6 Å². The van der Waals surface area contributed by atoms with E-state index in [0.29, 0.717) is 5.03 Å². The number of benzene rings is 2. The van der Waals surface area contributed by atoms with Crippen LogP contribution in [0.3, 0.4) is 0 Å². The summed E-state index contributed by atoms with van der Waals surface area (Å²) in [6, 6.07) is 15.5. The van der Waals surface area contributed by atoms with E-state index in [4.69, 9.17) is 11.6 Å². The van der Waals surface area contributed by atoms with Gasteiger partial charge in [-0.2, -0.15) is 4.57 Å². The highest BCUT2D eigenvalue weighted by Gasteiger charge is 2.28. The Morgan fingerprint density at radius 1 is 1.03 bits per heavy atom. The monoisotopic (exact) mass is 604 g/mol. The van der Waals surface area contributed by atoms with E-state index < -0.39 is 11.9 Å². The number of halogens is 2. The average Bonchev–Trinajstić information content (AvgIpc) is 3.34. The number of thiazole rings is 1. The van der Waals surface area contributed by atoms with Crippen LogP contribution < -0.4 is 26.4 Å². The molecule has 10 heteroatoms. The minimum atomic E-state index is -0.898. The van der Waals surface area contributed by atoms with E-state index in [1.807, 2.05) is 70.1 Å². The number of hydrogen-bond donors (Lipinski definition) is 2. The zero-order chi connectivity index (χ0) is 24.5. The van der Waals surface area contributed by atoms with Crippen molar-refractivity contribution in [1.29, 1.82) is 0 Å². The van der Waals surface area contributed by atoms with E-state index in [1.54, 1.807) is 23.1 Å². The number of aliphatic carboxylic acids is 2. The number of carbonyl (C=O) groups is 2. The quantitative estimate of drug-likeness (QED) is 0.421. The van der Waals surface area contributed by atoms with Gasteiger partial charge in [-0.05, 0) is 54.7 Å². The Labute approximate surface area is 232 Å². The van der Waals surface area contributed by atoms with Crippen LogP contribution in [0.5, 0.6) is 0 Å². The molecule has 0 radical (unpaired) electrons. The molecule has 3 aromatic rings. The molecule has 36 heavy (non-hydrogen) atoms. The van der Waals surface area contributed by atoms with E-state index in [9.17, 15) is 19.8 Å². The van der Waals surface area contributed by atoms with Crippen molar-refractivity contribution in [2.45, 2.75) is 30.7 Å². The van der Waals surface area contributed by atoms with E-state index >= 15 is 0 Å². The number of carboxylic acids is 2. The summed E-state index contributed by atoms with van der Waals surface area (Å²) in [4.78, 5) is 25.9. The molecule has 186 valence electrons. The predicted octanol–water partition coefficient (Wildman–Crippen LogP) is 2.88. The van der Waals surface area contributed by atoms with Gasteiger partial charge in [0, 0.05) is 22.1 Å². The van der Waals surface area contributed by atoms with Crippen LogP contribution in [0, 0.1) is 0 Å². The normalized spacial score (nSPS) is 17.5. The van der Waals surface area contributed by atoms with Crippen molar-refractivity contribution in [1.82, 2.24) is 0 Å². The molecule has 0 saturated carbocycles. The second-order valence-electron chi connectivity index (χ2n) is 8.28. The van der Waals surface area contributed by atoms with Gasteiger partial charge in [0.2, 0.25) is 12.1 Å². The highest BCUT2D eigenvalue weighted by molar-refractivity contribution is 8.03. The summed E-state index contributed by atoms with van der Waals surface area (Å²) in [6.07, 6.45) is 6.48. The number of rotatable bonds is 6. The van der Waals surface area contributed by atoms with Crippen LogP contribution in [0.1, 0.15) is 24.3 Å². The SMILES string of the molecule is O=C(O)CN1/C(=C/C2=C(Cl)C(=C/c3sc4ccccc4[n+]3CC(=O)O)/CCC2)Sc2ccccc21.[Br-]. The zero-order valence-electron chi connectivity index (χ0n) is 19.0. The maximum absolute atomic E-state index is 11.5. The van der Waals surface area contributed by atoms with Gasteiger partial charge in [0.05, 0.1) is 10.7 Å². The van der Waals surface area contributed by atoms with Gasteiger partial charge in [0.15, 0.2) is 0 Å². The van der Waals surface area contributed by atoms with Gasteiger partial charge in [0.25, 0.3) is 5.01 Å². The number of fused-ring (bicyclic) bond motifs is 2. The maximum atomic E-state index is 11.5. The second kappa shape index (κ2) is 11.2. The molecule has 0 fully saturated rings. The van der Waals surface area contributed by atoms with Crippen LogP contribution in [0.25, 0.3) is 16.3 Å². The fourth-order valence-corrected chi connectivity index (χ4v) is 6.94. The van der Waals surface area contributed by atoms with Gasteiger partial charge < -0.3 is 32.1 Å². The van der Waals surface area contributed by atoms with Crippen molar-refractivity contribution in [2.75, 3.05) is 11.4 Å². The van der Waals surface area contributed by atoms with Crippen LogP contribution in [0.4, 0.5) is 5.69 Å². The molecule has 1 aromatic heterocycles. The van der Waals surface area contributed by atoms with Gasteiger partial charge >= 0.3 is 11.9 Å². The Morgan fingerprint density at radius 3 is 2.56 bits per heavy atom. The van der Waals surface area contributed by atoms with E-state index in [1.165, 1.54) is 0 Å².